The first-order valence-electron chi connectivity index (χ1n) is 8.59. The van der Waals surface area contributed by atoms with Crippen molar-refractivity contribution in [3.8, 4) is 11.5 Å². The zero-order chi connectivity index (χ0) is 19.4. The minimum absolute atomic E-state index is 0.0563. The van der Waals surface area contributed by atoms with Gasteiger partial charge in [0, 0.05) is 18.5 Å². The number of rotatable bonds is 6. The summed E-state index contributed by atoms with van der Waals surface area (Å²) in [6.45, 7) is 0.413. The molecule has 2 aromatic carbocycles. The van der Waals surface area contributed by atoms with E-state index >= 15 is 0 Å². The number of sulfone groups is 1. The van der Waals surface area contributed by atoms with Crippen molar-refractivity contribution in [2.45, 2.75) is 29.9 Å². The summed E-state index contributed by atoms with van der Waals surface area (Å²) >= 11 is 0. The third kappa shape index (κ3) is 5.06. The largest absolute Gasteiger partial charge is 0.457 e. The summed E-state index contributed by atoms with van der Waals surface area (Å²) in [5.41, 5.74) is 6.18. The van der Waals surface area contributed by atoms with Crippen LogP contribution >= 0.6 is 0 Å². The lowest BCUT2D eigenvalue weighted by Gasteiger charge is -2.13. The zero-order valence-electron chi connectivity index (χ0n) is 14.9. The minimum Gasteiger partial charge on any atom is -0.457 e. The number of nitrogens with one attached hydrogen (secondary N) is 1. The minimum atomic E-state index is -3.30. The molecule has 3 rings (SSSR count). The molecule has 0 radical (unpaired) electrons. The Morgan fingerprint density at radius 1 is 1.19 bits per heavy atom. The molecule has 1 aliphatic heterocycles. The Bertz CT molecular complexity index is 912. The predicted octanol–water partition coefficient (Wildman–Crippen LogP) is 2.33. The van der Waals surface area contributed by atoms with Gasteiger partial charge in [-0.1, -0.05) is 6.07 Å². The fraction of sp³-hybridized carbons (Fsp3) is 0.316. The van der Waals surface area contributed by atoms with Crippen LogP contribution in [0.25, 0.3) is 0 Å². The van der Waals surface area contributed by atoms with Gasteiger partial charge in [-0.05, 0) is 55.3 Å². The van der Waals surface area contributed by atoms with Crippen LogP contribution in [0.15, 0.2) is 53.4 Å². The average molecular weight is 390 g/mol. The lowest BCUT2D eigenvalue weighted by molar-refractivity contribution is -0.126. The molecule has 0 aliphatic carbocycles. The lowest BCUT2D eigenvalue weighted by Crippen LogP contribution is -2.29. The SMILES string of the molecule is CS(=O)(=O)c1cccc(Oc2ccc(NC(=O)[C@@H]3CC[C@H](CN)O3)cc2)c1. The Hall–Kier alpha value is -2.42. The molecule has 0 aromatic heterocycles. The fourth-order valence-electron chi connectivity index (χ4n) is 2.81. The van der Waals surface area contributed by atoms with Crippen molar-refractivity contribution in [1.82, 2.24) is 0 Å². The molecule has 144 valence electrons. The highest BCUT2D eigenvalue weighted by atomic mass is 32.2. The molecule has 0 bridgehead atoms. The molecular formula is C19H22N2O5S. The molecule has 8 heteroatoms. The van der Waals surface area contributed by atoms with E-state index in [9.17, 15) is 13.2 Å². The molecular weight excluding hydrogens is 368 g/mol. The van der Waals surface area contributed by atoms with E-state index in [0.717, 1.165) is 12.7 Å². The maximum atomic E-state index is 12.2. The maximum absolute atomic E-state index is 12.2. The van der Waals surface area contributed by atoms with Gasteiger partial charge in [0.25, 0.3) is 5.91 Å². The normalized spacial score (nSPS) is 19.6. The van der Waals surface area contributed by atoms with Crippen molar-refractivity contribution in [3.05, 3.63) is 48.5 Å². The van der Waals surface area contributed by atoms with E-state index in [-0.39, 0.29) is 16.9 Å². The second kappa shape index (κ2) is 8.08. The standard InChI is InChI=1S/C19H22N2O5S/c1-27(23,24)17-4-2-3-15(11-17)25-14-7-5-13(6-8-14)21-19(22)18-10-9-16(12-20)26-18/h2-8,11,16,18H,9-10,12,20H2,1H3,(H,21,22)/t16-,18+/m1/s1. The van der Waals surface area contributed by atoms with E-state index < -0.39 is 15.9 Å². The molecule has 1 aliphatic rings. The van der Waals surface area contributed by atoms with Gasteiger partial charge in [-0.2, -0.15) is 0 Å². The Morgan fingerprint density at radius 2 is 1.93 bits per heavy atom. The Morgan fingerprint density at radius 3 is 2.56 bits per heavy atom. The third-order valence-electron chi connectivity index (χ3n) is 4.25. The van der Waals surface area contributed by atoms with Crippen LogP contribution in [0.2, 0.25) is 0 Å². The van der Waals surface area contributed by atoms with Crippen LogP contribution < -0.4 is 15.8 Å². The molecule has 2 aromatic rings. The van der Waals surface area contributed by atoms with Gasteiger partial charge in [0.15, 0.2) is 9.84 Å². The van der Waals surface area contributed by atoms with E-state index in [1.807, 2.05) is 0 Å². The molecule has 0 spiro atoms. The molecule has 1 heterocycles. The first kappa shape index (κ1) is 19.3. The van der Waals surface area contributed by atoms with Crippen molar-refractivity contribution < 1.29 is 22.7 Å². The van der Waals surface area contributed by atoms with Crippen LogP contribution in [0.1, 0.15) is 12.8 Å². The van der Waals surface area contributed by atoms with Crippen LogP contribution in [-0.4, -0.2) is 39.3 Å². The van der Waals surface area contributed by atoms with Gasteiger partial charge >= 0.3 is 0 Å². The van der Waals surface area contributed by atoms with Gasteiger partial charge in [-0.25, -0.2) is 8.42 Å². The number of amides is 1. The molecule has 1 amide bonds. The van der Waals surface area contributed by atoms with Crippen LogP contribution in [0.5, 0.6) is 11.5 Å². The molecule has 27 heavy (non-hydrogen) atoms. The number of nitrogens with two attached hydrogens (primary N) is 1. The number of benzene rings is 2. The van der Waals surface area contributed by atoms with E-state index in [4.69, 9.17) is 15.2 Å². The highest BCUT2D eigenvalue weighted by Crippen LogP contribution is 2.26. The van der Waals surface area contributed by atoms with E-state index in [0.29, 0.717) is 30.2 Å². The monoisotopic (exact) mass is 390 g/mol. The summed E-state index contributed by atoms with van der Waals surface area (Å²) in [4.78, 5) is 12.4. The zero-order valence-corrected chi connectivity index (χ0v) is 15.7. The lowest BCUT2D eigenvalue weighted by atomic mass is 10.2. The highest BCUT2D eigenvalue weighted by molar-refractivity contribution is 7.90. The van der Waals surface area contributed by atoms with Gasteiger partial charge in [-0.15, -0.1) is 0 Å². The van der Waals surface area contributed by atoms with Gasteiger partial charge in [0.05, 0.1) is 11.0 Å². The number of anilines is 1. The van der Waals surface area contributed by atoms with Gasteiger partial charge in [0.1, 0.15) is 17.6 Å². The third-order valence-corrected chi connectivity index (χ3v) is 5.36. The summed E-state index contributed by atoms with van der Waals surface area (Å²) in [5, 5.41) is 2.81. The van der Waals surface area contributed by atoms with Crippen LogP contribution in [0.3, 0.4) is 0 Å². The maximum Gasteiger partial charge on any atom is 0.253 e. The number of ether oxygens (including phenoxy) is 2. The van der Waals surface area contributed by atoms with E-state index in [1.54, 1.807) is 36.4 Å². The summed E-state index contributed by atoms with van der Waals surface area (Å²) in [6.07, 6.45) is 2.06. The number of hydrogen-bond acceptors (Lipinski definition) is 6. The predicted molar refractivity (Wildman–Crippen MR) is 102 cm³/mol. The summed E-state index contributed by atoms with van der Waals surface area (Å²) in [5.74, 6) is 0.751. The molecule has 0 saturated carbocycles. The summed E-state index contributed by atoms with van der Waals surface area (Å²) < 4.78 is 34.5. The Balaban J connectivity index is 1.62. The number of hydrogen-bond donors (Lipinski definition) is 2. The van der Waals surface area contributed by atoms with Crippen molar-refractivity contribution in [1.29, 1.82) is 0 Å². The molecule has 1 fully saturated rings. The molecule has 7 nitrogen and oxygen atoms in total. The van der Waals surface area contributed by atoms with E-state index in [2.05, 4.69) is 5.32 Å². The van der Waals surface area contributed by atoms with Crippen LogP contribution in [-0.2, 0) is 19.4 Å². The summed E-state index contributed by atoms with van der Waals surface area (Å²) in [7, 11) is -3.30. The van der Waals surface area contributed by atoms with Crippen LogP contribution in [0.4, 0.5) is 5.69 Å². The van der Waals surface area contributed by atoms with Crippen molar-refractivity contribution >= 4 is 21.4 Å². The molecule has 0 unspecified atom stereocenters. The average Bonchev–Trinajstić information content (AvgIpc) is 3.12. The Labute approximate surface area is 158 Å². The van der Waals surface area contributed by atoms with E-state index in [1.165, 1.54) is 12.1 Å². The van der Waals surface area contributed by atoms with Crippen molar-refractivity contribution in [2.75, 3.05) is 18.1 Å². The summed E-state index contributed by atoms with van der Waals surface area (Å²) in [6, 6.07) is 13.1. The van der Waals surface area contributed by atoms with Gasteiger partial charge in [-0.3, -0.25) is 4.79 Å². The number of carbonyl (C=O) groups is 1. The van der Waals surface area contributed by atoms with Gasteiger partial charge in [0.2, 0.25) is 0 Å². The van der Waals surface area contributed by atoms with Crippen LogP contribution in [0, 0.1) is 0 Å². The quantitative estimate of drug-likeness (QED) is 0.784. The van der Waals surface area contributed by atoms with Crippen molar-refractivity contribution in [3.63, 3.8) is 0 Å². The highest BCUT2D eigenvalue weighted by Gasteiger charge is 2.29. The van der Waals surface area contributed by atoms with Crippen molar-refractivity contribution in [2.24, 2.45) is 5.73 Å². The Kier molecular flexibility index (Phi) is 5.79. The second-order valence-corrected chi connectivity index (χ2v) is 8.44. The fourth-order valence-corrected chi connectivity index (χ4v) is 3.46. The topological polar surface area (TPSA) is 108 Å². The molecule has 1 saturated heterocycles. The smallest absolute Gasteiger partial charge is 0.253 e. The first-order chi connectivity index (χ1) is 12.8. The number of carbonyl (C=O) groups excluding carboxylic acids is 1. The second-order valence-electron chi connectivity index (χ2n) is 6.42. The molecule has 2 atom stereocenters. The molecule has 3 N–H and O–H groups in total. The first-order valence-corrected chi connectivity index (χ1v) is 10.5. The van der Waals surface area contributed by atoms with Gasteiger partial charge < -0.3 is 20.5 Å².